The molecule has 0 spiro atoms. The Morgan fingerprint density at radius 2 is 1.82 bits per heavy atom. The zero-order valence-corrected chi connectivity index (χ0v) is 16.7. The maximum Gasteiger partial charge on any atom is 0.277 e. The Balaban J connectivity index is 2.28. The number of hydrogen-bond acceptors (Lipinski definition) is 5. The number of aromatic hydroxyl groups is 1. The topological polar surface area (TPSA) is 97.3 Å². The predicted molar refractivity (Wildman–Crippen MR) is 107 cm³/mol. The summed E-state index contributed by atoms with van der Waals surface area (Å²) in [4.78, 5) is 29.7. The first-order valence-electron chi connectivity index (χ1n) is 8.55. The Morgan fingerprint density at radius 1 is 1.14 bits per heavy atom. The fourth-order valence-electron chi connectivity index (χ4n) is 3.01. The second-order valence-corrected chi connectivity index (χ2v) is 7.49. The average Bonchev–Trinajstić information content (AvgIpc) is 2.61. The lowest BCUT2D eigenvalue weighted by Crippen LogP contribution is -2.31. The SMILES string of the molecule is Cc1cnc(-n2cccc(C(C)(C)O)c2=O)cc1-n1c(C)cc(O)c(Cl)c1=O. The Morgan fingerprint density at radius 3 is 2.46 bits per heavy atom. The summed E-state index contributed by atoms with van der Waals surface area (Å²) in [5.74, 6) is -0.00588. The number of nitrogens with zero attached hydrogens (tertiary/aromatic N) is 3. The van der Waals surface area contributed by atoms with Gasteiger partial charge < -0.3 is 10.2 Å². The van der Waals surface area contributed by atoms with Gasteiger partial charge in [0.15, 0.2) is 0 Å². The quantitative estimate of drug-likeness (QED) is 0.703. The van der Waals surface area contributed by atoms with Crippen molar-refractivity contribution in [3.63, 3.8) is 0 Å². The molecule has 3 heterocycles. The molecule has 0 aromatic carbocycles. The van der Waals surface area contributed by atoms with E-state index in [0.29, 0.717) is 16.9 Å². The molecule has 3 aromatic heterocycles. The monoisotopic (exact) mass is 401 g/mol. The van der Waals surface area contributed by atoms with E-state index >= 15 is 0 Å². The van der Waals surface area contributed by atoms with Crippen LogP contribution >= 0.6 is 11.6 Å². The minimum Gasteiger partial charge on any atom is -0.506 e. The summed E-state index contributed by atoms with van der Waals surface area (Å²) in [5, 5.41) is 19.7. The molecule has 0 fully saturated rings. The van der Waals surface area contributed by atoms with E-state index < -0.39 is 16.7 Å². The maximum absolute atomic E-state index is 12.8. The fourth-order valence-corrected chi connectivity index (χ4v) is 3.15. The van der Waals surface area contributed by atoms with Crippen LogP contribution in [0.4, 0.5) is 0 Å². The molecule has 0 aliphatic heterocycles. The van der Waals surface area contributed by atoms with Crippen LogP contribution in [0.15, 0.2) is 46.2 Å². The number of halogens is 1. The second-order valence-electron chi connectivity index (χ2n) is 7.11. The summed E-state index contributed by atoms with van der Waals surface area (Å²) in [6.07, 6.45) is 3.08. The van der Waals surface area contributed by atoms with Gasteiger partial charge in [-0.3, -0.25) is 18.7 Å². The minimum absolute atomic E-state index is 0.222. The molecule has 0 atom stereocenters. The van der Waals surface area contributed by atoms with E-state index in [9.17, 15) is 19.8 Å². The van der Waals surface area contributed by atoms with Gasteiger partial charge in [0.1, 0.15) is 16.6 Å². The molecule has 28 heavy (non-hydrogen) atoms. The Bertz CT molecular complexity index is 1190. The number of aliphatic hydroxyl groups is 1. The van der Waals surface area contributed by atoms with Gasteiger partial charge in [-0.2, -0.15) is 0 Å². The van der Waals surface area contributed by atoms with E-state index in [-0.39, 0.29) is 22.2 Å². The summed E-state index contributed by atoms with van der Waals surface area (Å²) in [5.41, 5.74) is -0.435. The summed E-state index contributed by atoms with van der Waals surface area (Å²) >= 11 is 5.93. The first kappa shape index (κ1) is 19.9. The van der Waals surface area contributed by atoms with Gasteiger partial charge in [0.05, 0.1) is 11.3 Å². The average molecular weight is 402 g/mol. The molecule has 0 aliphatic rings. The van der Waals surface area contributed by atoms with Crippen LogP contribution in [-0.2, 0) is 5.60 Å². The summed E-state index contributed by atoms with van der Waals surface area (Å²) < 4.78 is 2.66. The van der Waals surface area contributed by atoms with Gasteiger partial charge in [0.2, 0.25) is 0 Å². The molecular formula is C20H20ClN3O4. The van der Waals surface area contributed by atoms with Crippen LogP contribution in [0.3, 0.4) is 0 Å². The minimum atomic E-state index is -1.31. The highest BCUT2D eigenvalue weighted by molar-refractivity contribution is 6.31. The number of hydrogen-bond donors (Lipinski definition) is 2. The van der Waals surface area contributed by atoms with Crippen LogP contribution in [0, 0.1) is 13.8 Å². The van der Waals surface area contributed by atoms with Crippen LogP contribution in [0.1, 0.15) is 30.7 Å². The molecule has 3 aromatic rings. The highest BCUT2D eigenvalue weighted by Crippen LogP contribution is 2.24. The zero-order valence-electron chi connectivity index (χ0n) is 15.9. The van der Waals surface area contributed by atoms with Gasteiger partial charge in [0, 0.05) is 35.8 Å². The van der Waals surface area contributed by atoms with Crippen molar-refractivity contribution in [2.24, 2.45) is 0 Å². The van der Waals surface area contributed by atoms with Crippen molar-refractivity contribution in [2.45, 2.75) is 33.3 Å². The van der Waals surface area contributed by atoms with E-state index in [1.165, 1.54) is 29.0 Å². The lowest BCUT2D eigenvalue weighted by atomic mass is 10.0. The third-order valence-corrected chi connectivity index (χ3v) is 4.82. The molecule has 0 bridgehead atoms. The van der Waals surface area contributed by atoms with Crippen molar-refractivity contribution in [1.29, 1.82) is 0 Å². The van der Waals surface area contributed by atoms with Crippen LogP contribution < -0.4 is 11.1 Å². The Kier molecular flexibility index (Phi) is 4.91. The van der Waals surface area contributed by atoms with Crippen LogP contribution in [0.2, 0.25) is 5.02 Å². The molecule has 2 N–H and O–H groups in total. The lowest BCUT2D eigenvalue weighted by molar-refractivity contribution is 0.0768. The first-order valence-corrected chi connectivity index (χ1v) is 8.93. The maximum atomic E-state index is 12.8. The highest BCUT2D eigenvalue weighted by Gasteiger charge is 2.22. The van der Waals surface area contributed by atoms with Crippen molar-refractivity contribution in [1.82, 2.24) is 14.1 Å². The number of pyridine rings is 3. The largest absolute Gasteiger partial charge is 0.506 e. The van der Waals surface area contributed by atoms with E-state index in [4.69, 9.17) is 11.6 Å². The standard InChI is InChI=1S/C20H20ClN3O4/c1-11-10-22-16(23-7-5-6-13(18(23)26)20(3,4)28)9-14(11)24-12(2)8-15(25)17(21)19(24)27/h5-10,25,28H,1-4H3. The van der Waals surface area contributed by atoms with Crippen LogP contribution in [0.5, 0.6) is 5.75 Å². The molecule has 146 valence electrons. The molecule has 0 radical (unpaired) electrons. The summed E-state index contributed by atoms with van der Waals surface area (Å²) in [7, 11) is 0. The Hall–Kier alpha value is -2.90. The molecule has 0 amide bonds. The molecule has 0 saturated carbocycles. The molecule has 7 nitrogen and oxygen atoms in total. The molecule has 0 aliphatic carbocycles. The van der Waals surface area contributed by atoms with Gasteiger partial charge in [-0.15, -0.1) is 0 Å². The van der Waals surface area contributed by atoms with Crippen molar-refractivity contribution < 1.29 is 10.2 Å². The van der Waals surface area contributed by atoms with E-state index in [1.807, 2.05) is 0 Å². The third kappa shape index (κ3) is 3.34. The number of aryl methyl sites for hydroxylation is 2. The summed E-state index contributed by atoms with van der Waals surface area (Å²) in [6, 6.07) is 6.18. The lowest BCUT2D eigenvalue weighted by Gasteiger charge is -2.19. The van der Waals surface area contributed by atoms with Gasteiger partial charge in [-0.05, 0) is 45.4 Å². The number of rotatable bonds is 3. The molecular weight excluding hydrogens is 382 g/mol. The van der Waals surface area contributed by atoms with Crippen molar-refractivity contribution in [2.75, 3.05) is 0 Å². The second kappa shape index (κ2) is 6.92. The zero-order chi connectivity index (χ0) is 20.8. The highest BCUT2D eigenvalue weighted by atomic mass is 35.5. The summed E-state index contributed by atoms with van der Waals surface area (Å²) in [6.45, 7) is 6.50. The molecule has 8 heteroatoms. The van der Waals surface area contributed by atoms with Crippen molar-refractivity contribution in [3.8, 4) is 17.3 Å². The van der Waals surface area contributed by atoms with Crippen molar-refractivity contribution >= 4 is 11.6 Å². The Labute approximate surface area is 166 Å². The van der Waals surface area contributed by atoms with Gasteiger partial charge >= 0.3 is 0 Å². The number of aromatic nitrogens is 3. The molecule has 0 unspecified atom stereocenters. The van der Waals surface area contributed by atoms with Crippen LogP contribution in [-0.4, -0.2) is 24.3 Å². The third-order valence-electron chi connectivity index (χ3n) is 4.47. The van der Waals surface area contributed by atoms with Crippen molar-refractivity contribution in [3.05, 3.63) is 79.2 Å². The predicted octanol–water partition coefficient (Wildman–Crippen LogP) is 2.59. The van der Waals surface area contributed by atoms with Crippen LogP contribution in [0.25, 0.3) is 11.5 Å². The van der Waals surface area contributed by atoms with E-state index in [2.05, 4.69) is 4.98 Å². The van der Waals surface area contributed by atoms with Gasteiger partial charge in [-0.25, -0.2) is 4.98 Å². The van der Waals surface area contributed by atoms with Gasteiger partial charge in [0.25, 0.3) is 11.1 Å². The normalized spacial score (nSPS) is 11.6. The molecule has 3 rings (SSSR count). The van der Waals surface area contributed by atoms with E-state index in [1.54, 1.807) is 44.4 Å². The molecule has 0 saturated heterocycles. The smallest absolute Gasteiger partial charge is 0.277 e. The first-order chi connectivity index (χ1) is 13.0. The van der Waals surface area contributed by atoms with Gasteiger partial charge in [-0.1, -0.05) is 11.6 Å². The van der Waals surface area contributed by atoms with E-state index in [0.717, 1.165) is 0 Å². The fraction of sp³-hybridized carbons (Fsp3) is 0.250.